The number of halogens is 2. The van der Waals surface area contributed by atoms with Crippen molar-refractivity contribution in [3.05, 3.63) is 34.7 Å². The van der Waals surface area contributed by atoms with Gasteiger partial charge in [0.25, 0.3) is 0 Å². The Bertz CT molecular complexity index is 565. The number of aromatic nitrogens is 2. The Morgan fingerprint density at radius 3 is 2.83 bits per heavy atom. The number of anilines is 1. The van der Waals surface area contributed by atoms with Gasteiger partial charge in [-0.15, -0.1) is 0 Å². The third kappa shape index (κ3) is 2.41. The summed E-state index contributed by atoms with van der Waals surface area (Å²) in [5.74, 6) is -0.287. The summed E-state index contributed by atoms with van der Waals surface area (Å²) in [6.45, 7) is 4.17. The maximum Gasteiger partial charge on any atom is 0.124 e. The molecule has 0 saturated heterocycles. The van der Waals surface area contributed by atoms with E-state index in [0.29, 0.717) is 21.9 Å². The van der Waals surface area contributed by atoms with Gasteiger partial charge >= 0.3 is 0 Å². The van der Waals surface area contributed by atoms with Gasteiger partial charge in [0.05, 0.1) is 5.69 Å². The molecular weight excluding hydrogens is 297 g/mol. The molecule has 0 aliphatic carbocycles. The minimum Gasteiger partial charge on any atom is -0.396 e. The summed E-state index contributed by atoms with van der Waals surface area (Å²) < 4.78 is 15.6. The number of hydrogen-bond acceptors (Lipinski definition) is 2. The molecule has 2 rings (SSSR count). The summed E-state index contributed by atoms with van der Waals surface area (Å²) in [6, 6.07) is 4.79. The van der Waals surface area contributed by atoms with Crippen LogP contribution in [-0.4, -0.2) is 9.78 Å². The van der Waals surface area contributed by atoms with Gasteiger partial charge in [-0.25, -0.2) is 4.39 Å². The monoisotopic (exact) mass is 311 g/mol. The molecule has 0 fully saturated rings. The van der Waals surface area contributed by atoms with E-state index in [1.54, 1.807) is 6.07 Å². The highest BCUT2D eigenvalue weighted by Crippen LogP contribution is 2.32. The van der Waals surface area contributed by atoms with E-state index in [1.165, 1.54) is 12.1 Å². The second-order valence-electron chi connectivity index (χ2n) is 4.29. The molecule has 96 valence electrons. The van der Waals surface area contributed by atoms with Gasteiger partial charge in [-0.3, -0.25) is 4.68 Å². The SMILES string of the molecule is CCC(C)n1cc(N)c(-c2ccc(F)cc2Br)n1. The third-order valence-corrected chi connectivity index (χ3v) is 3.65. The molecule has 0 aliphatic heterocycles. The van der Waals surface area contributed by atoms with Crippen LogP contribution in [-0.2, 0) is 0 Å². The summed E-state index contributed by atoms with van der Waals surface area (Å²) in [4.78, 5) is 0. The summed E-state index contributed by atoms with van der Waals surface area (Å²) in [7, 11) is 0. The van der Waals surface area contributed by atoms with Gasteiger partial charge in [0.2, 0.25) is 0 Å². The van der Waals surface area contributed by atoms with Crippen molar-refractivity contribution < 1.29 is 4.39 Å². The Kier molecular flexibility index (Phi) is 3.71. The van der Waals surface area contributed by atoms with Gasteiger partial charge in [0.1, 0.15) is 11.5 Å². The van der Waals surface area contributed by atoms with Gasteiger partial charge in [0, 0.05) is 22.3 Å². The third-order valence-electron chi connectivity index (χ3n) is 2.99. The van der Waals surface area contributed by atoms with Crippen molar-refractivity contribution >= 4 is 21.6 Å². The first-order valence-electron chi connectivity index (χ1n) is 5.83. The number of benzene rings is 1. The molecule has 18 heavy (non-hydrogen) atoms. The predicted molar refractivity (Wildman–Crippen MR) is 74.7 cm³/mol. The molecule has 1 atom stereocenters. The van der Waals surface area contributed by atoms with Crippen molar-refractivity contribution in [2.45, 2.75) is 26.3 Å². The molecule has 3 nitrogen and oxygen atoms in total. The summed E-state index contributed by atoms with van der Waals surface area (Å²) in [6.07, 6.45) is 2.80. The average Bonchev–Trinajstić information content (AvgIpc) is 2.70. The van der Waals surface area contributed by atoms with Crippen LogP contribution < -0.4 is 5.73 Å². The number of hydrogen-bond donors (Lipinski definition) is 1. The van der Waals surface area contributed by atoms with Crippen molar-refractivity contribution in [2.75, 3.05) is 5.73 Å². The molecule has 1 aromatic carbocycles. The summed E-state index contributed by atoms with van der Waals surface area (Å²) in [5.41, 5.74) is 8.06. The maximum absolute atomic E-state index is 13.1. The van der Waals surface area contributed by atoms with Crippen molar-refractivity contribution in [2.24, 2.45) is 0 Å². The normalized spacial score (nSPS) is 12.7. The molecule has 1 heterocycles. The van der Waals surface area contributed by atoms with Crippen LogP contribution in [0.1, 0.15) is 26.3 Å². The van der Waals surface area contributed by atoms with E-state index in [9.17, 15) is 4.39 Å². The van der Waals surface area contributed by atoms with Gasteiger partial charge in [-0.1, -0.05) is 6.92 Å². The predicted octanol–water partition coefficient (Wildman–Crippen LogP) is 4.00. The second kappa shape index (κ2) is 5.10. The average molecular weight is 312 g/mol. The van der Waals surface area contributed by atoms with E-state index in [2.05, 4.69) is 34.9 Å². The van der Waals surface area contributed by atoms with Gasteiger partial charge in [0.15, 0.2) is 0 Å². The lowest BCUT2D eigenvalue weighted by Crippen LogP contribution is -2.04. The number of rotatable bonds is 3. The highest BCUT2D eigenvalue weighted by Gasteiger charge is 2.14. The highest BCUT2D eigenvalue weighted by atomic mass is 79.9. The fourth-order valence-corrected chi connectivity index (χ4v) is 2.25. The number of nitrogens with two attached hydrogens (primary N) is 1. The van der Waals surface area contributed by atoms with E-state index in [0.717, 1.165) is 12.0 Å². The first-order valence-corrected chi connectivity index (χ1v) is 6.62. The Balaban J connectivity index is 2.47. The van der Waals surface area contributed by atoms with Crippen molar-refractivity contribution in [1.29, 1.82) is 0 Å². The van der Waals surface area contributed by atoms with Crippen molar-refractivity contribution in [1.82, 2.24) is 9.78 Å². The standard InChI is InChI=1S/C13H15BrFN3/c1-3-8(2)18-7-12(16)13(17-18)10-5-4-9(15)6-11(10)14/h4-8H,3,16H2,1-2H3. The van der Waals surface area contributed by atoms with E-state index in [4.69, 9.17) is 5.73 Å². The molecular formula is C13H15BrFN3. The van der Waals surface area contributed by atoms with Crippen LogP contribution in [0.4, 0.5) is 10.1 Å². The smallest absolute Gasteiger partial charge is 0.124 e. The van der Waals surface area contributed by atoms with Gasteiger partial charge in [-0.05, 0) is 47.5 Å². The second-order valence-corrected chi connectivity index (χ2v) is 5.15. The molecule has 0 spiro atoms. The fourth-order valence-electron chi connectivity index (χ4n) is 1.71. The Morgan fingerprint density at radius 1 is 1.50 bits per heavy atom. The van der Waals surface area contributed by atoms with Gasteiger partial charge < -0.3 is 5.73 Å². The number of nitrogen functional groups attached to an aromatic ring is 1. The van der Waals surface area contributed by atoms with Crippen molar-refractivity contribution in [3.8, 4) is 11.3 Å². The Labute approximate surface area is 114 Å². The van der Waals surface area contributed by atoms with Crippen LogP contribution in [0.3, 0.4) is 0 Å². The van der Waals surface area contributed by atoms with Crippen LogP contribution in [0.5, 0.6) is 0 Å². The molecule has 0 saturated carbocycles. The van der Waals surface area contributed by atoms with Crippen LogP contribution >= 0.6 is 15.9 Å². The van der Waals surface area contributed by atoms with Crippen LogP contribution in [0.2, 0.25) is 0 Å². The lowest BCUT2D eigenvalue weighted by Gasteiger charge is -2.08. The zero-order valence-corrected chi connectivity index (χ0v) is 11.9. The number of nitrogens with zero attached hydrogens (tertiary/aromatic N) is 2. The Hall–Kier alpha value is -1.36. The molecule has 0 amide bonds. The van der Waals surface area contributed by atoms with E-state index in [1.807, 2.05) is 10.9 Å². The van der Waals surface area contributed by atoms with Gasteiger partial charge in [-0.2, -0.15) is 5.10 Å². The first-order chi connectivity index (χ1) is 8.52. The minimum absolute atomic E-state index is 0.287. The molecule has 5 heteroatoms. The van der Waals surface area contributed by atoms with Crippen LogP contribution in [0.25, 0.3) is 11.3 Å². The lowest BCUT2D eigenvalue weighted by atomic mass is 10.1. The fraction of sp³-hybridized carbons (Fsp3) is 0.308. The van der Waals surface area contributed by atoms with Crippen LogP contribution in [0.15, 0.2) is 28.9 Å². The van der Waals surface area contributed by atoms with E-state index in [-0.39, 0.29) is 5.82 Å². The molecule has 1 unspecified atom stereocenters. The highest BCUT2D eigenvalue weighted by molar-refractivity contribution is 9.10. The summed E-state index contributed by atoms with van der Waals surface area (Å²) >= 11 is 3.34. The molecule has 2 aromatic rings. The zero-order chi connectivity index (χ0) is 13.3. The largest absolute Gasteiger partial charge is 0.396 e. The molecule has 1 aromatic heterocycles. The topological polar surface area (TPSA) is 43.8 Å². The Morgan fingerprint density at radius 2 is 2.22 bits per heavy atom. The molecule has 0 bridgehead atoms. The van der Waals surface area contributed by atoms with E-state index >= 15 is 0 Å². The minimum atomic E-state index is -0.287. The van der Waals surface area contributed by atoms with Crippen LogP contribution in [0, 0.1) is 5.82 Å². The maximum atomic E-state index is 13.1. The lowest BCUT2D eigenvalue weighted by molar-refractivity contribution is 0.479. The van der Waals surface area contributed by atoms with Crippen molar-refractivity contribution in [3.63, 3.8) is 0 Å². The molecule has 0 radical (unpaired) electrons. The first kappa shape index (κ1) is 13.1. The zero-order valence-electron chi connectivity index (χ0n) is 10.3. The molecule has 2 N–H and O–H groups in total. The van der Waals surface area contributed by atoms with E-state index < -0.39 is 0 Å². The quantitative estimate of drug-likeness (QED) is 0.931. The molecule has 0 aliphatic rings. The summed E-state index contributed by atoms with van der Waals surface area (Å²) in [5, 5.41) is 4.48.